The van der Waals surface area contributed by atoms with E-state index in [1.54, 1.807) is 18.5 Å². The van der Waals surface area contributed by atoms with Crippen molar-refractivity contribution in [3.05, 3.63) is 45.5 Å². The normalized spacial score (nSPS) is 22.2. The fourth-order valence-corrected chi connectivity index (χ4v) is 10.1. The largest absolute Gasteiger partial charge is 0.408 e. The smallest absolute Gasteiger partial charge is 0.396 e. The first-order valence-electron chi connectivity index (χ1n) is 15.9. The zero-order valence-corrected chi connectivity index (χ0v) is 29.6. The van der Waals surface area contributed by atoms with Gasteiger partial charge < -0.3 is 9.33 Å². The highest BCUT2D eigenvalue weighted by molar-refractivity contribution is 6.73. The zero-order valence-electron chi connectivity index (χ0n) is 27.1. The van der Waals surface area contributed by atoms with Crippen molar-refractivity contribution >= 4 is 43.2 Å². The van der Waals surface area contributed by atoms with Crippen molar-refractivity contribution < 1.29 is 27.2 Å². The van der Waals surface area contributed by atoms with E-state index in [1.807, 2.05) is 6.92 Å². The standard InChI is InChI=1S/C32H45Cl2F3N4O3Si/c1-7-45(8-2,9-3)44-27(28-25(33)17-38-18-26(28)34)19-40(20-31(14-15-31)32(35,36)37)29(43)24-16-39-41(21(24)4)23-10-12-30(6,13-11-23)22(5)42/h16-18,23,27H,7-15,19-20H2,1-6H3. The molecule has 2 aromatic rings. The number of pyridine rings is 1. The van der Waals surface area contributed by atoms with Crippen LogP contribution in [0.3, 0.4) is 0 Å². The third-order valence-corrected chi connectivity index (χ3v) is 15.9. The summed E-state index contributed by atoms with van der Waals surface area (Å²) in [6.45, 7) is 10.9. The Hall–Kier alpha value is -1.95. The minimum Gasteiger partial charge on any atom is -0.408 e. The summed E-state index contributed by atoms with van der Waals surface area (Å²) in [4.78, 5) is 31.9. The lowest BCUT2D eigenvalue weighted by Crippen LogP contribution is -2.46. The molecule has 0 bridgehead atoms. The summed E-state index contributed by atoms with van der Waals surface area (Å²) in [5, 5.41) is 5.02. The average Bonchev–Trinajstić information content (AvgIpc) is 3.70. The summed E-state index contributed by atoms with van der Waals surface area (Å²) in [7, 11) is -2.36. The lowest BCUT2D eigenvalue weighted by atomic mass is 9.71. The van der Waals surface area contributed by atoms with Gasteiger partial charge >= 0.3 is 6.18 Å². The summed E-state index contributed by atoms with van der Waals surface area (Å²) in [5.41, 5.74) is -1.07. The number of Topliss-reactive ketones (excluding diaryl/α,β-unsaturated/α-hetero) is 1. The number of alkyl halides is 3. The average molecular weight is 690 g/mol. The van der Waals surface area contributed by atoms with Crippen LogP contribution < -0.4 is 0 Å². The van der Waals surface area contributed by atoms with Crippen LogP contribution in [0.2, 0.25) is 28.2 Å². The molecule has 13 heteroatoms. The molecule has 2 saturated carbocycles. The van der Waals surface area contributed by atoms with Gasteiger partial charge in [0.1, 0.15) is 5.78 Å². The fourth-order valence-electron chi connectivity index (χ4n) is 6.69. The van der Waals surface area contributed by atoms with Crippen LogP contribution in [0.4, 0.5) is 13.2 Å². The van der Waals surface area contributed by atoms with E-state index < -0.39 is 38.5 Å². The minimum atomic E-state index is -4.46. The number of carbonyl (C=O) groups excluding carboxylic acids is 2. The van der Waals surface area contributed by atoms with E-state index in [0.29, 0.717) is 24.1 Å². The molecule has 0 radical (unpaired) electrons. The zero-order chi connectivity index (χ0) is 33.4. The molecular formula is C32H45Cl2F3N4O3Si. The van der Waals surface area contributed by atoms with Crippen LogP contribution in [0.15, 0.2) is 18.6 Å². The Bertz CT molecular complexity index is 1360. The second-order valence-corrected chi connectivity index (χ2v) is 18.8. The Morgan fingerprint density at radius 1 is 1.07 bits per heavy atom. The molecule has 2 aliphatic carbocycles. The van der Waals surface area contributed by atoms with Crippen molar-refractivity contribution in [1.29, 1.82) is 0 Å². The summed E-state index contributed by atoms with van der Waals surface area (Å²) in [6, 6.07) is 2.35. The van der Waals surface area contributed by atoms with E-state index in [0.717, 1.165) is 31.0 Å². The van der Waals surface area contributed by atoms with Gasteiger partial charge in [-0.1, -0.05) is 50.9 Å². The number of halogens is 5. The number of aromatic nitrogens is 3. The van der Waals surface area contributed by atoms with Gasteiger partial charge in [-0.2, -0.15) is 18.3 Å². The molecule has 1 atom stereocenters. The van der Waals surface area contributed by atoms with Crippen LogP contribution in [-0.4, -0.2) is 58.9 Å². The number of amides is 1. The second-order valence-electron chi connectivity index (χ2n) is 13.3. The van der Waals surface area contributed by atoms with Crippen molar-refractivity contribution in [1.82, 2.24) is 19.7 Å². The van der Waals surface area contributed by atoms with Crippen LogP contribution in [-0.2, 0) is 9.22 Å². The van der Waals surface area contributed by atoms with Gasteiger partial charge in [0.2, 0.25) is 0 Å². The molecule has 1 unspecified atom stereocenters. The molecule has 2 aromatic heterocycles. The van der Waals surface area contributed by atoms with E-state index in [-0.39, 0.29) is 52.2 Å². The van der Waals surface area contributed by atoms with Gasteiger partial charge in [0.25, 0.3) is 5.91 Å². The maximum Gasteiger partial charge on any atom is 0.396 e. The van der Waals surface area contributed by atoms with Crippen LogP contribution in [0.5, 0.6) is 0 Å². The van der Waals surface area contributed by atoms with E-state index in [2.05, 4.69) is 30.9 Å². The molecule has 0 spiro atoms. The molecular weight excluding hydrogens is 644 g/mol. The molecule has 2 fully saturated rings. The Kier molecular flexibility index (Phi) is 10.9. The maximum absolute atomic E-state index is 14.3. The van der Waals surface area contributed by atoms with E-state index >= 15 is 0 Å². The minimum absolute atomic E-state index is 0.00633. The quantitative estimate of drug-likeness (QED) is 0.196. The van der Waals surface area contributed by atoms with E-state index in [9.17, 15) is 22.8 Å². The topological polar surface area (TPSA) is 77.3 Å². The van der Waals surface area contributed by atoms with Crippen LogP contribution in [0, 0.1) is 17.8 Å². The molecule has 0 aliphatic heterocycles. The molecule has 0 saturated heterocycles. The van der Waals surface area contributed by atoms with Gasteiger partial charge in [-0.25, -0.2) is 0 Å². The highest BCUT2D eigenvalue weighted by Gasteiger charge is 2.64. The number of rotatable bonds is 13. The highest BCUT2D eigenvalue weighted by atomic mass is 35.5. The molecule has 45 heavy (non-hydrogen) atoms. The van der Waals surface area contributed by atoms with Crippen LogP contribution in [0.1, 0.15) is 107 Å². The van der Waals surface area contributed by atoms with Gasteiger partial charge in [0.05, 0.1) is 45.9 Å². The summed E-state index contributed by atoms with van der Waals surface area (Å²) in [5.74, 6) is -0.374. The van der Waals surface area contributed by atoms with Gasteiger partial charge in [-0.05, 0) is 70.5 Å². The van der Waals surface area contributed by atoms with Gasteiger partial charge in [-0.15, -0.1) is 0 Å². The molecule has 250 valence electrons. The third kappa shape index (κ3) is 7.31. The number of hydrogen-bond acceptors (Lipinski definition) is 5. The van der Waals surface area contributed by atoms with Crippen molar-refractivity contribution in [3.63, 3.8) is 0 Å². The Morgan fingerprint density at radius 2 is 1.62 bits per heavy atom. The lowest BCUT2D eigenvalue weighted by molar-refractivity contribution is -0.190. The summed E-state index contributed by atoms with van der Waals surface area (Å²) < 4.78 is 51.7. The predicted octanol–water partition coefficient (Wildman–Crippen LogP) is 9.15. The first kappa shape index (κ1) is 35.9. The van der Waals surface area contributed by atoms with Gasteiger partial charge in [0.15, 0.2) is 8.32 Å². The first-order valence-corrected chi connectivity index (χ1v) is 19.2. The number of ketones is 1. The number of nitrogens with zero attached hydrogens (tertiary/aromatic N) is 4. The molecule has 2 aliphatic rings. The second kappa shape index (κ2) is 13.6. The SMILES string of the molecule is CC[Si](CC)(CC)OC(CN(CC1(C(F)(F)F)CC1)C(=O)c1cnn(C2CCC(C)(C(C)=O)CC2)c1C)c1c(Cl)cncc1Cl. The molecule has 7 nitrogen and oxygen atoms in total. The van der Waals surface area contributed by atoms with E-state index in [4.69, 9.17) is 27.6 Å². The summed E-state index contributed by atoms with van der Waals surface area (Å²) >= 11 is 13.2. The van der Waals surface area contributed by atoms with E-state index in [1.165, 1.54) is 23.5 Å². The van der Waals surface area contributed by atoms with Gasteiger partial charge in [-0.3, -0.25) is 19.3 Å². The molecule has 4 rings (SSSR count). The number of carbonyl (C=O) groups is 2. The van der Waals surface area contributed by atoms with Crippen LogP contribution >= 0.6 is 23.2 Å². The Balaban J connectivity index is 1.72. The molecule has 0 aromatic carbocycles. The monoisotopic (exact) mass is 688 g/mol. The van der Waals surface area contributed by atoms with Crippen LogP contribution in [0.25, 0.3) is 0 Å². The van der Waals surface area contributed by atoms with Crippen molar-refractivity contribution in [2.24, 2.45) is 10.8 Å². The highest BCUT2D eigenvalue weighted by Crippen LogP contribution is 2.58. The summed E-state index contributed by atoms with van der Waals surface area (Å²) in [6.07, 6.45) is 1.79. The molecule has 1 amide bonds. The van der Waals surface area contributed by atoms with Crippen molar-refractivity contribution in [3.8, 4) is 0 Å². The Labute approximate surface area is 275 Å². The lowest BCUT2D eigenvalue weighted by Gasteiger charge is -2.38. The number of hydrogen-bond donors (Lipinski definition) is 0. The third-order valence-electron chi connectivity index (χ3n) is 10.7. The molecule has 2 heterocycles. The first-order chi connectivity index (χ1) is 21.1. The van der Waals surface area contributed by atoms with Crippen molar-refractivity contribution in [2.75, 3.05) is 13.1 Å². The van der Waals surface area contributed by atoms with Crippen molar-refractivity contribution in [2.45, 2.75) is 117 Å². The molecule has 0 N–H and O–H groups in total. The maximum atomic E-state index is 14.3. The van der Waals surface area contributed by atoms with Gasteiger partial charge in [0, 0.05) is 35.6 Å². The Morgan fingerprint density at radius 3 is 2.09 bits per heavy atom. The fraction of sp³-hybridized carbons (Fsp3) is 0.688. The predicted molar refractivity (Wildman–Crippen MR) is 172 cm³/mol.